The van der Waals surface area contributed by atoms with Crippen molar-refractivity contribution in [3.8, 4) is 11.5 Å². The maximum Gasteiger partial charge on any atom is 0.339 e. The summed E-state index contributed by atoms with van der Waals surface area (Å²) in [5.74, 6) is 0.438. The van der Waals surface area contributed by atoms with E-state index in [1.54, 1.807) is 30.3 Å². The second-order valence-electron chi connectivity index (χ2n) is 6.97. The van der Waals surface area contributed by atoms with E-state index in [0.717, 1.165) is 11.1 Å². The number of ether oxygens (including phenoxy) is 1. The Morgan fingerprint density at radius 1 is 1.14 bits per heavy atom. The molecule has 0 aliphatic carbocycles. The fourth-order valence-corrected chi connectivity index (χ4v) is 4.35. The summed E-state index contributed by atoms with van der Waals surface area (Å²) in [4.78, 5) is 2.76. The van der Waals surface area contributed by atoms with E-state index in [1.165, 1.54) is 12.1 Å². The van der Waals surface area contributed by atoms with E-state index in [1.807, 2.05) is 18.7 Å². The molecule has 1 aliphatic rings. The summed E-state index contributed by atoms with van der Waals surface area (Å²) in [6.45, 7) is 5.42. The van der Waals surface area contributed by atoms with Crippen molar-refractivity contribution >= 4 is 27.3 Å². The minimum Gasteiger partial charge on any atom is -0.490 e. The molecule has 3 rings (SSSR count). The summed E-state index contributed by atoms with van der Waals surface area (Å²) in [5.41, 5.74) is 1.71. The number of rotatable bonds is 6. The zero-order valence-electron chi connectivity index (χ0n) is 16.5. The molecule has 2 aromatic rings. The first-order valence-corrected chi connectivity index (χ1v) is 11.4. The Morgan fingerprint density at radius 3 is 2.41 bits per heavy atom. The number of likely N-dealkylation sites (tertiary alicyclic amines) is 1. The molecule has 1 saturated heterocycles. The van der Waals surface area contributed by atoms with Gasteiger partial charge in [0.1, 0.15) is 9.88 Å². The Bertz CT molecular complexity index is 965. The first kappa shape index (κ1) is 21.5. The molecule has 0 saturated carbocycles. The normalized spacial score (nSPS) is 15.2. The van der Waals surface area contributed by atoms with Gasteiger partial charge in [0.05, 0.1) is 12.7 Å². The number of benzene rings is 2. The lowest BCUT2D eigenvalue weighted by Gasteiger charge is -2.31. The van der Waals surface area contributed by atoms with Crippen molar-refractivity contribution in [1.82, 2.24) is 4.90 Å². The van der Waals surface area contributed by atoms with Gasteiger partial charge in [-0.25, -0.2) is 0 Å². The van der Waals surface area contributed by atoms with Crippen LogP contribution in [0.5, 0.6) is 11.5 Å². The van der Waals surface area contributed by atoms with Gasteiger partial charge in [0.2, 0.25) is 0 Å². The van der Waals surface area contributed by atoms with Crippen molar-refractivity contribution in [3.05, 3.63) is 53.6 Å². The Labute approximate surface area is 177 Å². The molecule has 6 nitrogen and oxygen atoms in total. The van der Waals surface area contributed by atoms with Gasteiger partial charge in [-0.3, -0.25) is 0 Å². The Balaban J connectivity index is 1.84. The smallest absolute Gasteiger partial charge is 0.339 e. The van der Waals surface area contributed by atoms with Crippen LogP contribution < -0.4 is 8.92 Å². The van der Waals surface area contributed by atoms with Crippen molar-refractivity contribution < 1.29 is 22.4 Å². The van der Waals surface area contributed by atoms with Crippen molar-refractivity contribution in [2.45, 2.75) is 37.7 Å². The van der Waals surface area contributed by atoms with Crippen LogP contribution in [0.2, 0.25) is 0 Å². The molecular formula is C21H25NO5S2. The van der Waals surface area contributed by atoms with Crippen LogP contribution in [0.25, 0.3) is 0 Å². The monoisotopic (exact) mass is 435 g/mol. The van der Waals surface area contributed by atoms with E-state index < -0.39 is 10.1 Å². The zero-order chi connectivity index (χ0) is 21.0. The maximum atomic E-state index is 12.6. The van der Waals surface area contributed by atoms with Crippen LogP contribution in [-0.4, -0.2) is 49.2 Å². The van der Waals surface area contributed by atoms with Crippen LogP contribution in [-0.2, 0) is 10.1 Å². The predicted molar refractivity (Wildman–Crippen MR) is 115 cm³/mol. The van der Waals surface area contributed by atoms with Gasteiger partial charge in [0, 0.05) is 18.7 Å². The van der Waals surface area contributed by atoms with E-state index in [2.05, 4.69) is 0 Å². The van der Waals surface area contributed by atoms with Gasteiger partial charge in [-0.05, 0) is 57.0 Å². The van der Waals surface area contributed by atoms with Crippen molar-refractivity contribution in [2.24, 2.45) is 0 Å². The van der Waals surface area contributed by atoms with Gasteiger partial charge in [-0.15, -0.1) is 0 Å². The molecule has 1 aliphatic heterocycles. The quantitative estimate of drug-likeness (QED) is 0.551. The number of piperidine rings is 1. The third-order valence-corrected chi connectivity index (χ3v) is 6.49. The summed E-state index contributed by atoms with van der Waals surface area (Å²) in [6.07, 6.45) is 1.07. The Morgan fingerprint density at radius 2 is 1.79 bits per heavy atom. The minimum atomic E-state index is -3.98. The Hall–Kier alpha value is -2.16. The van der Waals surface area contributed by atoms with Gasteiger partial charge in [-0.1, -0.05) is 29.9 Å². The molecular weight excluding hydrogens is 410 g/mol. The van der Waals surface area contributed by atoms with E-state index in [-0.39, 0.29) is 16.7 Å². The molecule has 0 bridgehead atoms. The van der Waals surface area contributed by atoms with Gasteiger partial charge in [0.25, 0.3) is 0 Å². The van der Waals surface area contributed by atoms with Crippen LogP contribution in [0.3, 0.4) is 0 Å². The molecule has 1 N–H and O–H groups in total. The molecule has 0 radical (unpaired) electrons. The van der Waals surface area contributed by atoms with Gasteiger partial charge >= 0.3 is 10.1 Å². The summed E-state index contributed by atoms with van der Waals surface area (Å²) in [5, 5.41) is 9.68. The molecule has 0 unspecified atom stereocenters. The molecule has 0 spiro atoms. The third-order valence-electron chi connectivity index (χ3n) is 4.75. The lowest BCUT2D eigenvalue weighted by molar-refractivity contribution is 0.110. The van der Waals surface area contributed by atoms with Crippen LogP contribution in [0.4, 0.5) is 0 Å². The standard InChI is InChI=1S/C21H25NO5S2/c1-3-26-20-14-16(21(28)22-12-10-17(23)11-13-22)6-9-19(20)27-29(24,25)18-7-4-15(2)5-8-18/h4-9,14,17,23H,3,10-13H2,1-2H3. The van der Waals surface area contributed by atoms with E-state index >= 15 is 0 Å². The topological polar surface area (TPSA) is 76.1 Å². The average Bonchev–Trinajstić information content (AvgIpc) is 2.70. The molecule has 0 atom stereocenters. The molecule has 1 fully saturated rings. The van der Waals surface area contributed by atoms with Crippen molar-refractivity contribution in [1.29, 1.82) is 0 Å². The van der Waals surface area contributed by atoms with Crippen LogP contribution >= 0.6 is 12.2 Å². The average molecular weight is 436 g/mol. The van der Waals surface area contributed by atoms with Gasteiger partial charge in [0.15, 0.2) is 11.5 Å². The molecule has 0 aromatic heterocycles. The second kappa shape index (κ2) is 9.11. The van der Waals surface area contributed by atoms with Gasteiger partial charge < -0.3 is 18.9 Å². The highest BCUT2D eigenvalue weighted by atomic mass is 32.2. The number of nitrogens with zero attached hydrogens (tertiary/aromatic N) is 1. The first-order chi connectivity index (χ1) is 13.8. The van der Waals surface area contributed by atoms with E-state index in [9.17, 15) is 13.5 Å². The van der Waals surface area contributed by atoms with Gasteiger partial charge in [-0.2, -0.15) is 8.42 Å². The number of aliphatic hydroxyl groups excluding tert-OH is 1. The summed E-state index contributed by atoms with van der Waals surface area (Å²) >= 11 is 5.59. The number of thiocarbonyl (C=S) groups is 1. The predicted octanol–water partition coefficient (Wildman–Crippen LogP) is 3.29. The highest BCUT2D eigenvalue weighted by Crippen LogP contribution is 2.32. The molecule has 156 valence electrons. The molecule has 2 aromatic carbocycles. The molecule has 8 heteroatoms. The van der Waals surface area contributed by atoms with Crippen LogP contribution in [0, 0.1) is 6.92 Å². The summed E-state index contributed by atoms with van der Waals surface area (Å²) in [6, 6.07) is 11.5. The fraction of sp³-hybridized carbons (Fsp3) is 0.381. The van der Waals surface area contributed by atoms with Crippen LogP contribution in [0.15, 0.2) is 47.4 Å². The number of aryl methyl sites for hydroxylation is 1. The highest BCUT2D eigenvalue weighted by Gasteiger charge is 2.23. The number of aliphatic hydroxyl groups is 1. The summed E-state index contributed by atoms with van der Waals surface area (Å²) < 4.78 is 36.3. The van der Waals surface area contributed by atoms with Crippen LogP contribution in [0.1, 0.15) is 30.9 Å². The van der Waals surface area contributed by atoms with E-state index in [0.29, 0.717) is 43.3 Å². The SMILES string of the molecule is CCOc1cc(C(=S)N2CCC(O)CC2)ccc1OS(=O)(=O)c1ccc(C)cc1. The lowest BCUT2D eigenvalue weighted by Crippen LogP contribution is -2.39. The molecule has 29 heavy (non-hydrogen) atoms. The zero-order valence-corrected chi connectivity index (χ0v) is 18.1. The maximum absolute atomic E-state index is 12.6. The number of hydrogen-bond donors (Lipinski definition) is 1. The highest BCUT2D eigenvalue weighted by molar-refractivity contribution is 7.87. The third kappa shape index (κ3) is 5.26. The number of hydrogen-bond acceptors (Lipinski definition) is 6. The van der Waals surface area contributed by atoms with Crippen molar-refractivity contribution in [3.63, 3.8) is 0 Å². The molecule has 1 heterocycles. The summed E-state index contributed by atoms with van der Waals surface area (Å²) in [7, 11) is -3.98. The minimum absolute atomic E-state index is 0.0806. The Kier molecular flexibility index (Phi) is 6.77. The lowest BCUT2D eigenvalue weighted by atomic mass is 10.1. The second-order valence-corrected chi connectivity index (χ2v) is 8.90. The first-order valence-electron chi connectivity index (χ1n) is 9.55. The van der Waals surface area contributed by atoms with E-state index in [4.69, 9.17) is 21.1 Å². The fourth-order valence-electron chi connectivity index (χ4n) is 3.10. The van der Waals surface area contributed by atoms with Crippen molar-refractivity contribution in [2.75, 3.05) is 19.7 Å². The largest absolute Gasteiger partial charge is 0.490 e. The molecule has 0 amide bonds.